The average molecular weight is 220 g/mol. The van der Waals surface area contributed by atoms with Crippen molar-refractivity contribution < 1.29 is 4.79 Å². The molecule has 0 fully saturated rings. The first-order valence-electron chi connectivity index (χ1n) is 6.18. The largest absolute Gasteiger partial charge is 0.300 e. The van der Waals surface area contributed by atoms with Crippen LogP contribution in [0, 0.1) is 0 Å². The van der Waals surface area contributed by atoms with Crippen LogP contribution in [0.15, 0.2) is 36.5 Å². The van der Waals surface area contributed by atoms with Gasteiger partial charge in [-0.25, -0.2) is 0 Å². The first kappa shape index (κ1) is 14.9. The lowest BCUT2D eigenvalue weighted by Gasteiger charge is -1.90. The molecule has 0 atom stereocenters. The third-order valence-electron chi connectivity index (χ3n) is 2.24. The molecule has 0 aromatic carbocycles. The molecule has 0 unspecified atom stereocenters. The van der Waals surface area contributed by atoms with E-state index in [1.807, 2.05) is 6.92 Å². The highest BCUT2D eigenvalue weighted by Crippen LogP contribution is 1.99. The van der Waals surface area contributed by atoms with E-state index in [-0.39, 0.29) is 5.78 Å². The average Bonchev–Trinajstić information content (AvgIpc) is 2.25. The van der Waals surface area contributed by atoms with E-state index in [0.717, 1.165) is 32.1 Å². The Kier molecular flexibility index (Phi) is 11.1. The first-order chi connectivity index (χ1) is 7.77. The molecule has 0 aliphatic heterocycles. The lowest BCUT2D eigenvalue weighted by atomic mass is 10.2. The third kappa shape index (κ3) is 12.9. The fraction of sp³-hybridized carbons (Fsp3) is 0.533. The van der Waals surface area contributed by atoms with Crippen LogP contribution < -0.4 is 0 Å². The molecular weight excluding hydrogens is 196 g/mol. The second-order valence-electron chi connectivity index (χ2n) is 3.92. The molecule has 0 heterocycles. The van der Waals surface area contributed by atoms with E-state index in [1.165, 1.54) is 0 Å². The van der Waals surface area contributed by atoms with Crippen LogP contribution in [0.25, 0.3) is 0 Å². The summed E-state index contributed by atoms with van der Waals surface area (Å²) in [5.41, 5.74) is 0. The summed E-state index contributed by atoms with van der Waals surface area (Å²) in [4.78, 5) is 10.7. The molecule has 90 valence electrons. The van der Waals surface area contributed by atoms with Gasteiger partial charge in [-0.2, -0.15) is 0 Å². The highest BCUT2D eigenvalue weighted by Gasteiger charge is 1.89. The van der Waals surface area contributed by atoms with E-state index in [1.54, 1.807) is 6.92 Å². The molecule has 0 spiro atoms. The summed E-state index contributed by atoms with van der Waals surface area (Å²) in [6.45, 7) is 3.70. The maximum absolute atomic E-state index is 10.7. The monoisotopic (exact) mass is 220 g/mol. The summed E-state index contributed by atoms with van der Waals surface area (Å²) in [6, 6.07) is 0. The Morgan fingerprint density at radius 2 is 1.56 bits per heavy atom. The molecule has 1 heteroatoms. The Bertz CT molecular complexity index is 246. The normalized spacial score (nSPS) is 12.1. The molecule has 0 aromatic rings. The van der Waals surface area contributed by atoms with Gasteiger partial charge in [0.05, 0.1) is 0 Å². The summed E-state index contributed by atoms with van der Waals surface area (Å²) in [6.07, 6.45) is 19.0. The smallest absolute Gasteiger partial charge is 0.129 e. The van der Waals surface area contributed by atoms with Crippen LogP contribution in [-0.4, -0.2) is 5.78 Å². The van der Waals surface area contributed by atoms with Gasteiger partial charge in [0.15, 0.2) is 0 Å². The minimum absolute atomic E-state index is 0.289. The highest BCUT2D eigenvalue weighted by atomic mass is 16.1. The van der Waals surface area contributed by atoms with Crippen LogP contribution in [0.5, 0.6) is 0 Å². The molecule has 16 heavy (non-hydrogen) atoms. The van der Waals surface area contributed by atoms with Gasteiger partial charge in [-0.15, -0.1) is 0 Å². The van der Waals surface area contributed by atoms with Gasteiger partial charge in [0.1, 0.15) is 5.78 Å². The maximum atomic E-state index is 10.7. The number of Topliss-reactive ketones (excluding diaryl/α,β-unsaturated/α-hetero) is 1. The van der Waals surface area contributed by atoms with Crippen molar-refractivity contribution in [3.63, 3.8) is 0 Å². The molecule has 1 nitrogen and oxygen atoms in total. The topological polar surface area (TPSA) is 17.1 Å². The van der Waals surface area contributed by atoms with Crippen molar-refractivity contribution in [2.24, 2.45) is 0 Å². The van der Waals surface area contributed by atoms with Crippen LogP contribution in [0.4, 0.5) is 0 Å². The fourth-order valence-electron chi connectivity index (χ4n) is 1.33. The molecule has 0 rings (SSSR count). The summed E-state index contributed by atoms with van der Waals surface area (Å²) < 4.78 is 0. The summed E-state index contributed by atoms with van der Waals surface area (Å²) in [5.74, 6) is 0.289. The summed E-state index contributed by atoms with van der Waals surface area (Å²) in [5, 5.41) is 0. The fourth-order valence-corrected chi connectivity index (χ4v) is 1.33. The van der Waals surface area contributed by atoms with Crippen molar-refractivity contribution in [2.75, 3.05) is 0 Å². The van der Waals surface area contributed by atoms with E-state index < -0.39 is 0 Å². The number of allylic oxidation sites excluding steroid dienone is 6. The number of hydrogen-bond acceptors (Lipinski definition) is 1. The predicted octanol–water partition coefficient (Wildman–Crippen LogP) is 4.60. The second-order valence-corrected chi connectivity index (χ2v) is 3.92. The molecule has 0 saturated heterocycles. The van der Waals surface area contributed by atoms with E-state index in [2.05, 4.69) is 36.5 Å². The zero-order valence-electron chi connectivity index (χ0n) is 10.6. The molecule has 0 amide bonds. The van der Waals surface area contributed by atoms with Gasteiger partial charge < -0.3 is 4.79 Å². The number of rotatable bonds is 9. The molecule has 0 saturated carbocycles. The third-order valence-corrected chi connectivity index (χ3v) is 2.24. The molecule has 0 aliphatic rings. The minimum Gasteiger partial charge on any atom is -0.300 e. The minimum atomic E-state index is 0.289. The lowest BCUT2D eigenvalue weighted by molar-refractivity contribution is -0.117. The van der Waals surface area contributed by atoms with Gasteiger partial charge in [0.2, 0.25) is 0 Å². The summed E-state index contributed by atoms with van der Waals surface area (Å²) in [7, 11) is 0. The van der Waals surface area contributed by atoms with Crippen LogP contribution in [-0.2, 0) is 4.79 Å². The van der Waals surface area contributed by atoms with E-state index in [4.69, 9.17) is 0 Å². The number of hydrogen-bond donors (Lipinski definition) is 0. The van der Waals surface area contributed by atoms with Gasteiger partial charge in [0.25, 0.3) is 0 Å². The van der Waals surface area contributed by atoms with Crippen molar-refractivity contribution in [3.8, 4) is 0 Å². The van der Waals surface area contributed by atoms with Gasteiger partial charge in [-0.3, -0.25) is 0 Å². The zero-order chi connectivity index (χ0) is 12.1. The van der Waals surface area contributed by atoms with Crippen LogP contribution in [0.2, 0.25) is 0 Å². The number of carbonyl (C=O) groups excluding carboxylic acids is 1. The number of unbranched alkanes of at least 4 members (excludes halogenated alkanes) is 2. The standard InChI is InChI=1S/C15H24O/c1-3-4-5-6-7-8-9-10-11-12-13-14-15(2)16/h3-4,7-8,10-11H,5-6,9,12-14H2,1-2H3. The van der Waals surface area contributed by atoms with Crippen molar-refractivity contribution in [3.05, 3.63) is 36.5 Å². The van der Waals surface area contributed by atoms with E-state index in [0.29, 0.717) is 6.42 Å². The maximum Gasteiger partial charge on any atom is 0.129 e. The molecule has 0 N–H and O–H groups in total. The first-order valence-corrected chi connectivity index (χ1v) is 6.18. The molecule has 0 aliphatic carbocycles. The molecular formula is C15H24O. The predicted molar refractivity (Wildman–Crippen MR) is 71.5 cm³/mol. The van der Waals surface area contributed by atoms with Crippen LogP contribution in [0.1, 0.15) is 52.4 Å². The van der Waals surface area contributed by atoms with Crippen LogP contribution >= 0.6 is 0 Å². The zero-order valence-corrected chi connectivity index (χ0v) is 10.6. The van der Waals surface area contributed by atoms with Crippen LogP contribution in [0.3, 0.4) is 0 Å². The highest BCUT2D eigenvalue weighted by molar-refractivity contribution is 5.75. The second kappa shape index (κ2) is 12.0. The van der Waals surface area contributed by atoms with E-state index >= 15 is 0 Å². The molecule has 0 bridgehead atoms. The van der Waals surface area contributed by atoms with Gasteiger partial charge in [0, 0.05) is 6.42 Å². The Hall–Kier alpha value is -1.11. The number of ketones is 1. The van der Waals surface area contributed by atoms with Crippen molar-refractivity contribution >= 4 is 5.78 Å². The van der Waals surface area contributed by atoms with E-state index in [9.17, 15) is 4.79 Å². The number of carbonyl (C=O) groups is 1. The Morgan fingerprint density at radius 3 is 2.19 bits per heavy atom. The van der Waals surface area contributed by atoms with Crippen molar-refractivity contribution in [2.45, 2.75) is 52.4 Å². The summed E-state index contributed by atoms with van der Waals surface area (Å²) >= 11 is 0. The SMILES string of the molecule is CC=CCCC=CCC=CCCCC(C)=O. The van der Waals surface area contributed by atoms with Crippen molar-refractivity contribution in [1.29, 1.82) is 0 Å². The van der Waals surface area contributed by atoms with Gasteiger partial charge >= 0.3 is 0 Å². The van der Waals surface area contributed by atoms with Gasteiger partial charge in [-0.1, -0.05) is 36.5 Å². The lowest BCUT2D eigenvalue weighted by Crippen LogP contribution is -1.87. The van der Waals surface area contributed by atoms with Crippen molar-refractivity contribution in [1.82, 2.24) is 0 Å². The van der Waals surface area contributed by atoms with Gasteiger partial charge in [-0.05, 0) is 46.0 Å². The Labute approximate surface area is 99.9 Å². The quantitative estimate of drug-likeness (QED) is 0.410. The molecule has 0 aromatic heterocycles. The molecule has 0 radical (unpaired) electrons. The Balaban J connectivity index is 3.29. The Morgan fingerprint density at radius 1 is 0.938 bits per heavy atom.